The second kappa shape index (κ2) is 10.2. The molecule has 10 nitrogen and oxygen atoms in total. The molecular weight excluding hydrogens is 501 g/mol. The fourth-order valence-electron chi connectivity index (χ4n) is 3.82. The Labute approximate surface area is 208 Å². The largest absolute Gasteiger partial charge is 0.419 e. The van der Waals surface area contributed by atoms with Crippen LogP contribution in [-0.2, 0) is 22.7 Å². The first-order valence-electron chi connectivity index (χ1n) is 11.6. The van der Waals surface area contributed by atoms with Crippen LogP contribution >= 0.6 is 0 Å². The second-order valence-electron chi connectivity index (χ2n) is 10.4. The van der Waals surface area contributed by atoms with Gasteiger partial charge < -0.3 is 15.5 Å². The van der Waals surface area contributed by atoms with E-state index >= 15 is 0 Å². The van der Waals surface area contributed by atoms with Gasteiger partial charge in [0.15, 0.2) is 0 Å². The highest BCUT2D eigenvalue weighted by molar-refractivity contribution is 7.89. The Kier molecular flexibility index (Phi) is 8.04. The first kappa shape index (κ1) is 28.3. The Morgan fingerprint density at radius 2 is 1.72 bits per heavy atom. The third kappa shape index (κ3) is 7.85. The third-order valence-electron chi connectivity index (χ3n) is 5.70. The van der Waals surface area contributed by atoms with Crippen molar-refractivity contribution in [2.75, 3.05) is 24.2 Å². The van der Waals surface area contributed by atoms with Gasteiger partial charge in [-0.1, -0.05) is 0 Å². The molecule has 3 N–H and O–H groups in total. The summed E-state index contributed by atoms with van der Waals surface area (Å²) in [5.41, 5.74) is -3.41. The minimum Gasteiger partial charge on any atom is -0.390 e. The van der Waals surface area contributed by atoms with E-state index in [2.05, 4.69) is 20.4 Å². The van der Waals surface area contributed by atoms with Gasteiger partial charge in [0.25, 0.3) is 0 Å². The lowest BCUT2D eigenvalue weighted by Crippen LogP contribution is -2.44. The van der Waals surface area contributed by atoms with E-state index in [9.17, 15) is 31.8 Å². The molecule has 0 aliphatic carbocycles. The van der Waals surface area contributed by atoms with Crippen molar-refractivity contribution < 1.29 is 31.8 Å². The first-order chi connectivity index (χ1) is 16.4. The van der Waals surface area contributed by atoms with E-state index in [1.54, 1.807) is 27.7 Å². The van der Waals surface area contributed by atoms with E-state index in [0.29, 0.717) is 19.0 Å². The van der Waals surface area contributed by atoms with Crippen molar-refractivity contribution in [2.24, 2.45) is 0 Å². The molecule has 0 unspecified atom stereocenters. The molecule has 14 heteroatoms. The number of hydrogen-bond donors (Lipinski definition) is 3. The molecular formula is C22H33F3N6O4S. The first-order valence-corrected chi connectivity index (χ1v) is 13.2. The molecule has 1 fully saturated rings. The van der Waals surface area contributed by atoms with Gasteiger partial charge in [0.2, 0.25) is 16.0 Å². The average Bonchev–Trinajstić information content (AvgIpc) is 3.18. The standard InChI is InChI=1S/C22H33F3N6O4S/c1-20(2,32)7-10-36(34,35)31-8-5-16(6-9-31)28-19-26-12-17(22(23,24)25)18(29-19)15-11-27-30(13-15)14-21(3,4)33/h11-13,16,32-33H,5-10,14H2,1-4H3,(H,26,28,29). The summed E-state index contributed by atoms with van der Waals surface area (Å²) in [5, 5.41) is 26.8. The van der Waals surface area contributed by atoms with Crippen molar-refractivity contribution in [2.45, 2.75) is 76.9 Å². The molecule has 0 aromatic carbocycles. The van der Waals surface area contributed by atoms with Crippen LogP contribution in [0.1, 0.15) is 52.5 Å². The maximum Gasteiger partial charge on any atom is 0.419 e. The SMILES string of the molecule is CC(C)(O)CCS(=O)(=O)N1CCC(Nc2ncc(C(F)(F)F)c(-c3cnn(CC(C)(C)O)c3)n2)CC1. The summed E-state index contributed by atoms with van der Waals surface area (Å²) in [6.45, 7) is 6.79. The van der Waals surface area contributed by atoms with Crippen molar-refractivity contribution in [3.05, 3.63) is 24.2 Å². The van der Waals surface area contributed by atoms with Crippen molar-refractivity contribution >= 4 is 16.0 Å². The fraction of sp³-hybridized carbons (Fsp3) is 0.682. The van der Waals surface area contributed by atoms with Crippen LogP contribution in [0.25, 0.3) is 11.3 Å². The molecule has 0 radical (unpaired) electrons. The van der Waals surface area contributed by atoms with Crippen molar-refractivity contribution in [1.82, 2.24) is 24.1 Å². The molecule has 0 bridgehead atoms. The summed E-state index contributed by atoms with van der Waals surface area (Å²) in [6, 6.07) is -0.228. The number of nitrogens with one attached hydrogen (secondary N) is 1. The van der Waals surface area contributed by atoms with E-state index in [1.165, 1.54) is 21.4 Å². The van der Waals surface area contributed by atoms with Gasteiger partial charge in [0.05, 0.1) is 35.4 Å². The normalized spacial score (nSPS) is 16.9. The third-order valence-corrected chi connectivity index (χ3v) is 7.57. The number of alkyl halides is 3. The number of aromatic nitrogens is 4. The molecule has 1 aliphatic rings. The van der Waals surface area contributed by atoms with E-state index in [-0.39, 0.29) is 55.1 Å². The minimum atomic E-state index is -4.69. The van der Waals surface area contributed by atoms with Gasteiger partial charge >= 0.3 is 6.18 Å². The van der Waals surface area contributed by atoms with Gasteiger partial charge in [-0.2, -0.15) is 18.3 Å². The van der Waals surface area contributed by atoms with Crippen LogP contribution in [0.3, 0.4) is 0 Å². The molecule has 202 valence electrons. The predicted octanol–water partition coefficient (Wildman–Crippen LogP) is 2.50. The maximum absolute atomic E-state index is 13.6. The number of halogens is 3. The molecule has 0 saturated carbocycles. The molecule has 3 rings (SSSR count). The van der Waals surface area contributed by atoms with Crippen LogP contribution < -0.4 is 5.32 Å². The lowest BCUT2D eigenvalue weighted by molar-refractivity contribution is -0.137. The van der Waals surface area contributed by atoms with Gasteiger partial charge in [-0.3, -0.25) is 4.68 Å². The van der Waals surface area contributed by atoms with Crippen LogP contribution in [0.4, 0.5) is 19.1 Å². The van der Waals surface area contributed by atoms with Gasteiger partial charge in [-0.25, -0.2) is 22.7 Å². The fourth-order valence-corrected chi connectivity index (χ4v) is 5.60. The van der Waals surface area contributed by atoms with Crippen LogP contribution in [0.2, 0.25) is 0 Å². The number of aliphatic hydroxyl groups is 2. The maximum atomic E-state index is 13.6. The van der Waals surface area contributed by atoms with Crippen LogP contribution in [-0.4, -0.2) is 78.8 Å². The summed E-state index contributed by atoms with van der Waals surface area (Å²) in [4.78, 5) is 7.97. The highest BCUT2D eigenvalue weighted by Gasteiger charge is 2.36. The minimum absolute atomic E-state index is 0.00317. The van der Waals surface area contributed by atoms with Crippen LogP contribution in [0.15, 0.2) is 18.6 Å². The van der Waals surface area contributed by atoms with E-state index in [1.807, 2.05) is 0 Å². The second-order valence-corrected chi connectivity index (χ2v) is 12.5. The average molecular weight is 535 g/mol. The Bertz CT molecular complexity index is 1150. The summed E-state index contributed by atoms with van der Waals surface area (Å²) < 4.78 is 68.8. The van der Waals surface area contributed by atoms with Gasteiger partial charge in [-0.15, -0.1) is 0 Å². The number of piperidine rings is 1. The van der Waals surface area contributed by atoms with Gasteiger partial charge in [0.1, 0.15) is 5.56 Å². The summed E-state index contributed by atoms with van der Waals surface area (Å²) in [7, 11) is -3.53. The lowest BCUT2D eigenvalue weighted by atomic mass is 10.1. The number of hydrogen-bond acceptors (Lipinski definition) is 8. The molecule has 0 amide bonds. The highest BCUT2D eigenvalue weighted by atomic mass is 32.2. The predicted molar refractivity (Wildman–Crippen MR) is 127 cm³/mol. The molecule has 3 heterocycles. The van der Waals surface area contributed by atoms with Gasteiger partial charge in [-0.05, 0) is 47.0 Å². The van der Waals surface area contributed by atoms with Crippen LogP contribution in [0.5, 0.6) is 0 Å². The van der Waals surface area contributed by atoms with Crippen molar-refractivity contribution in [3.8, 4) is 11.3 Å². The van der Waals surface area contributed by atoms with E-state index in [4.69, 9.17) is 0 Å². The monoisotopic (exact) mass is 534 g/mol. The molecule has 0 spiro atoms. The van der Waals surface area contributed by atoms with Crippen molar-refractivity contribution in [3.63, 3.8) is 0 Å². The Balaban J connectivity index is 1.73. The van der Waals surface area contributed by atoms with E-state index in [0.717, 1.165) is 0 Å². The molecule has 1 aliphatic heterocycles. The number of anilines is 1. The quantitative estimate of drug-likeness (QED) is 0.447. The Morgan fingerprint density at radius 1 is 1.08 bits per heavy atom. The number of rotatable bonds is 9. The summed E-state index contributed by atoms with van der Waals surface area (Å²) in [5.74, 6) is -0.169. The zero-order chi connectivity index (χ0) is 26.9. The molecule has 0 atom stereocenters. The highest BCUT2D eigenvalue weighted by Crippen LogP contribution is 2.36. The number of nitrogens with zero attached hydrogens (tertiary/aromatic N) is 5. The zero-order valence-corrected chi connectivity index (χ0v) is 21.6. The molecule has 2 aromatic rings. The molecule has 2 aromatic heterocycles. The number of sulfonamides is 1. The van der Waals surface area contributed by atoms with Crippen molar-refractivity contribution in [1.29, 1.82) is 0 Å². The Morgan fingerprint density at radius 3 is 2.28 bits per heavy atom. The molecule has 36 heavy (non-hydrogen) atoms. The lowest BCUT2D eigenvalue weighted by Gasteiger charge is -2.32. The van der Waals surface area contributed by atoms with E-state index < -0.39 is 33.0 Å². The molecule has 1 saturated heterocycles. The summed E-state index contributed by atoms with van der Waals surface area (Å²) in [6.07, 6.45) is -0.373. The topological polar surface area (TPSA) is 133 Å². The zero-order valence-electron chi connectivity index (χ0n) is 20.7. The van der Waals surface area contributed by atoms with Crippen LogP contribution in [0, 0.1) is 0 Å². The smallest absolute Gasteiger partial charge is 0.390 e. The summed E-state index contributed by atoms with van der Waals surface area (Å²) >= 11 is 0. The Hall–Kier alpha value is -2.29. The van der Waals surface area contributed by atoms with Gasteiger partial charge in [0, 0.05) is 37.1 Å².